The van der Waals surface area contributed by atoms with Crippen molar-refractivity contribution in [1.29, 1.82) is 0 Å². The molecule has 0 heterocycles. The fraction of sp³-hybridized carbons (Fsp3) is 0.933. The van der Waals surface area contributed by atoms with Crippen molar-refractivity contribution in [2.75, 3.05) is 40.9 Å². The van der Waals surface area contributed by atoms with Crippen LogP contribution in [0.25, 0.3) is 0 Å². The molecule has 0 saturated carbocycles. The second-order valence-electron chi connectivity index (χ2n) is 27.4. The average molecular weight is 1210 g/mol. The van der Waals surface area contributed by atoms with E-state index in [1.807, 2.05) is 27.2 Å². The molecular weight excluding hydrogens is 1060 g/mol. The van der Waals surface area contributed by atoms with Crippen LogP contribution in [0.1, 0.15) is 399 Å². The van der Waals surface area contributed by atoms with Crippen molar-refractivity contribution in [2.24, 2.45) is 0 Å². The summed E-state index contributed by atoms with van der Waals surface area (Å²) in [6, 6.07) is -0.862. The molecule has 3 atom stereocenters. The van der Waals surface area contributed by atoms with E-state index < -0.39 is 20.0 Å². The number of phosphoric acid groups is 1. The molecule has 3 unspecified atom stereocenters. The summed E-state index contributed by atoms with van der Waals surface area (Å²) in [5, 5.41) is 14.0. The van der Waals surface area contributed by atoms with Gasteiger partial charge in [0.1, 0.15) is 13.2 Å². The van der Waals surface area contributed by atoms with Gasteiger partial charge < -0.3 is 19.8 Å². The van der Waals surface area contributed by atoms with Crippen LogP contribution in [0.3, 0.4) is 0 Å². The van der Waals surface area contributed by atoms with Crippen LogP contribution in [-0.4, -0.2) is 73.4 Å². The third-order valence-corrected chi connectivity index (χ3v) is 18.7. The lowest BCUT2D eigenvalue weighted by Gasteiger charge is -2.25. The van der Waals surface area contributed by atoms with Gasteiger partial charge in [0, 0.05) is 6.42 Å². The van der Waals surface area contributed by atoms with Gasteiger partial charge in [-0.05, 0) is 32.1 Å². The van der Waals surface area contributed by atoms with E-state index in [9.17, 15) is 19.4 Å². The number of hydrogen-bond donors (Lipinski definition) is 3. The third-order valence-electron chi connectivity index (χ3n) is 17.7. The number of amides is 1. The van der Waals surface area contributed by atoms with Crippen LogP contribution < -0.4 is 5.32 Å². The first-order valence-electron chi connectivity index (χ1n) is 37.7. The Bertz CT molecular complexity index is 1420. The highest BCUT2D eigenvalue weighted by Crippen LogP contribution is 2.43. The predicted octanol–water partition coefficient (Wildman–Crippen LogP) is 24.2. The van der Waals surface area contributed by atoms with Crippen molar-refractivity contribution in [3.05, 3.63) is 24.3 Å². The predicted molar refractivity (Wildman–Crippen MR) is 369 cm³/mol. The first kappa shape index (κ1) is 83.0. The molecule has 0 aliphatic rings. The van der Waals surface area contributed by atoms with E-state index in [1.165, 1.54) is 340 Å². The normalized spacial score (nSPS) is 13.7. The first-order chi connectivity index (χ1) is 41.0. The van der Waals surface area contributed by atoms with E-state index >= 15 is 0 Å². The highest BCUT2D eigenvalue weighted by atomic mass is 31.2. The van der Waals surface area contributed by atoms with E-state index in [1.54, 1.807) is 6.08 Å². The van der Waals surface area contributed by atoms with Crippen molar-refractivity contribution in [2.45, 2.75) is 411 Å². The Morgan fingerprint density at radius 3 is 0.952 bits per heavy atom. The lowest BCUT2D eigenvalue weighted by molar-refractivity contribution is -0.870. The van der Waals surface area contributed by atoms with Crippen molar-refractivity contribution < 1.29 is 32.9 Å². The summed E-state index contributed by atoms with van der Waals surface area (Å²) in [7, 11) is 1.58. The van der Waals surface area contributed by atoms with Gasteiger partial charge in [-0.1, -0.05) is 385 Å². The molecule has 0 fully saturated rings. The number of aliphatic hydroxyl groups is 1. The lowest BCUT2D eigenvalue weighted by atomic mass is 10.0. The molecule has 0 aromatic heterocycles. The highest BCUT2D eigenvalue weighted by molar-refractivity contribution is 7.47. The molecule has 0 spiro atoms. The largest absolute Gasteiger partial charge is 0.472 e. The molecule has 3 N–H and O–H groups in total. The van der Waals surface area contributed by atoms with Crippen molar-refractivity contribution >= 4 is 13.7 Å². The Balaban J connectivity index is 3.95. The number of allylic oxidation sites excluding steroid dienone is 3. The third kappa shape index (κ3) is 68.5. The van der Waals surface area contributed by atoms with Gasteiger partial charge in [0.25, 0.3) is 0 Å². The van der Waals surface area contributed by atoms with E-state index in [4.69, 9.17) is 9.05 Å². The number of rotatable bonds is 71. The second-order valence-corrected chi connectivity index (χ2v) is 28.8. The van der Waals surface area contributed by atoms with Crippen LogP contribution in [0.2, 0.25) is 0 Å². The number of quaternary nitrogens is 1. The number of hydrogen-bond acceptors (Lipinski definition) is 5. The number of nitrogens with zero attached hydrogens (tertiary/aromatic N) is 1. The monoisotopic (exact) mass is 1210 g/mol. The van der Waals surface area contributed by atoms with Crippen molar-refractivity contribution in [1.82, 2.24) is 5.32 Å². The fourth-order valence-corrected chi connectivity index (χ4v) is 12.6. The molecule has 0 aliphatic carbocycles. The summed E-state index contributed by atoms with van der Waals surface area (Å²) in [4.78, 5) is 23.4. The molecule has 0 radical (unpaired) electrons. The Labute approximate surface area is 525 Å². The van der Waals surface area contributed by atoms with E-state index in [0.29, 0.717) is 17.4 Å². The maximum Gasteiger partial charge on any atom is 0.472 e. The molecule has 0 aromatic rings. The molecule has 0 saturated heterocycles. The second kappa shape index (κ2) is 66.4. The summed E-state index contributed by atoms with van der Waals surface area (Å²) < 4.78 is 23.8. The number of unbranched alkanes of at least 4 members (excludes halogenated alkanes) is 56. The lowest BCUT2D eigenvalue weighted by Crippen LogP contribution is -2.45. The summed E-state index contributed by atoms with van der Waals surface area (Å²) in [6.45, 7) is 4.87. The number of aliphatic hydroxyl groups excluding tert-OH is 1. The SMILES string of the molecule is CCCCCCCCCCCCCCCCCCCC/C=C/CC/C=C/C(O)C(COP(=O)(O)OCC[N+](C)(C)C)NC(=O)CCCCCCCCCCCCCCCCCCCCCCCCCCCCCCCCCCCCCCCC. The first-order valence-corrected chi connectivity index (χ1v) is 39.2. The van der Waals surface area contributed by atoms with Gasteiger partial charge in [0.05, 0.1) is 39.9 Å². The Kier molecular flexibility index (Phi) is 65.6. The van der Waals surface area contributed by atoms with Gasteiger partial charge in [-0.2, -0.15) is 0 Å². The van der Waals surface area contributed by atoms with Crippen molar-refractivity contribution in [3.8, 4) is 0 Å². The van der Waals surface area contributed by atoms with Crippen LogP contribution in [0.15, 0.2) is 24.3 Å². The van der Waals surface area contributed by atoms with E-state index in [-0.39, 0.29) is 19.1 Å². The van der Waals surface area contributed by atoms with Gasteiger partial charge in [0.15, 0.2) is 0 Å². The van der Waals surface area contributed by atoms with Crippen LogP contribution >= 0.6 is 7.82 Å². The number of likely N-dealkylation sites (N-methyl/N-ethyl adjacent to an activating group) is 1. The maximum atomic E-state index is 13.1. The van der Waals surface area contributed by atoms with Crippen molar-refractivity contribution in [3.63, 3.8) is 0 Å². The van der Waals surface area contributed by atoms with Crippen LogP contribution in [0.4, 0.5) is 0 Å². The van der Waals surface area contributed by atoms with Gasteiger partial charge >= 0.3 is 7.82 Å². The molecule has 0 aromatic carbocycles. The molecule has 500 valence electrons. The summed E-state index contributed by atoms with van der Waals surface area (Å²) in [5.74, 6) is -0.177. The number of phosphoric ester groups is 1. The summed E-state index contributed by atoms with van der Waals surface area (Å²) in [5.41, 5.74) is 0. The Morgan fingerprint density at radius 1 is 0.393 bits per heavy atom. The van der Waals surface area contributed by atoms with E-state index in [2.05, 4.69) is 31.3 Å². The maximum absolute atomic E-state index is 13.1. The highest BCUT2D eigenvalue weighted by Gasteiger charge is 2.28. The molecular formula is C75H150N2O6P+. The zero-order valence-electron chi connectivity index (χ0n) is 57.4. The van der Waals surface area contributed by atoms with Crippen LogP contribution in [0.5, 0.6) is 0 Å². The topological polar surface area (TPSA) is 105 Å². The van der Waals surface area contributed by atoms with Crippen LogP contribution in [-0.2, 0) is 18.4 Å². The molecule has 0 rings (SSSR count). The van der Waals surface area contributed by atoms with Gasteiger partial charge in [-0.25, -0.2) is 4.57 Å². The number of nitrogens with one attached hydrogen (secondary N) is 1. The minimum absolute atomic E-state index is 0.0591. The quantitative estimate of drug-likeness (QED) is 0.0243. The summed E-state index contributed by atoms with van der Waals surface area (Å²) in [6.07, 6.45) is 88.0. The Morgan fingerprint density at radius 2 is 0.655 bits per heavy atom. The molecule has 8 nitrogen and oxygen atoms in total. The molecule has 0 bridgehead atoms. The molecule has 1 amide bonds. The molecule has 9 heteroatoms. The van der Waals surface area contributed by atoms with Gasteiger partial charge in [0.2, 0.25) is 5.91 Å². The van der Waals surface area contributed by atoms with E-state index in [0.717, 1.165) is 38.5 Å². The smallest absolute Gasteiger partial charge is 0.387 e. The minimum atomic E-state index is -4.36. The molecule has 0 aliphatic heterocycles. The summed E-state index contributed by atoms with van der Waals surface area (Å²) >= 11 is 0. The standard InChI is InChI=1S/C75H149N2O6P/c1-6-8-10-12-14-16-18-20-22-24-26-28-30-32-33-34-35-36-37-38-39-40-41-42-43-44-45-47-49-51-53-55-57-59-61-63-65-67-69-75(79)76-73(72-83-84(80,81)82-71-70-77(3,4)5)74(78)68-66-64-62-60-58-56-54-52-50-48-46-31-29-27-25-23-21-19-17-15-13-11-9-7-2/h58,60,66,68,73-74,78H,6-57,59,61-65,67,69-72H2,1-5H3,(H-,76,79,80,81)/p+1/b60-58+,68-66+. The number of carbonyl (C=O) groups is 1. The zero-order chi connectivity index (χ0) is 61.2. The van der Waals surface area contributed by atoms with Crippen LogP contribution in [0, 0.1) is 0 Å². The van der Waals surface area contributed by atoms with Gasteiger partial charge in [-0.3, -0.25) is 13.8 Å². The minimum Gasteiger partial charge on any atom is -0.387 e. The van der Waals surface area contributed by atoms with Gasteiger partial charge in [-0.15, -0.1) is 0 Å². The number of carbonyl (C=O) groups excluding carboxylic acids is 1. The fourth-order valence-electron chi connectivity index (χ4n) is 11.8. The average Bonchev–Trinajstić information content (AvgIpc) is 3.56. The molecule has 84 heavy (non-hydrogen) atoms. The Hall–Kier alpha value is -1.02. The zero-order valence-corrected chi connectivity index (χ0v) is 58.3.